The molecule has 108 valence electrons. The van der Waals surface area contributed by atoms with E-state index in [2.05, 4.69) is 10.1 Å². The third kappa shape index (κ3) is 3.10. The van der Waals surface area contributed by atoms with Crippen LogP contribution in [0.3, 0.4) is 0 Å². The summed E-state index contributed by atoms with van der Waals surface area (Å²) in [6.07, 6.45) is 0. The number of rotatable bonds is 4. The van der Waals surface area contributed by atoms with Gasteiger partial charge in [0.2, 0.25) is 11.7 Å². The van der Waals surface area contributed by atoms with Crippen molar-refractivity contribution in [2.75, 3.05) is 0 Å². The molecule has 0 aliphatic carbocycles. The Morgan fingerprint density at radius 3 is 2.50 bits per heavy atom. The molecule has 0 saturated heterocycles. The van der Waals surface area contributed by atoms with Crippen molar-refractivity contribution in [3.05, 3.63) is 35.0 Å². The summed E-state index contributed by atoms with van der Waals surface area (Å²) in [5.74, 6) is 1.43. The highest BCUT2D eigenvalue weighted by Gasteiger charge is 2.17. The van der Waals surface area contributed by atoms with Gasteiger partial charge in [0.1, 0.15) is 5.75 Å². The number of aromatic nitrogens is 2. The van der Waals surface area contributed by atoms with E-state index in [9.17, 15) is 8.42 Å². The lowest BCUT2D eigenvalue weighted by molar-refractivity contribution is 0.283. The van der Waals surface area contributed by atoms with E-state index >= 15 is 0 Å². The number of halogens is 1. The molecule has 0 radical (unpaired) electrons. The van der Waals surface area contributed by atoms with E-state index in [4.69, 9.17) is 19.9 Å². The molecule has 0 aliphatic rings. The van der Waals surface area contributed by atoms with E-state index in [0.717, 1.165) is 0 Å². The molecule has 0 amide bonds. The van der Waals surface area contributed by atoms with Gasteiger partial charge in [-0.25, -0.2) is 8.42 Å². The second-order valence-electron chi connectivity index (χ2n) is 4.27. The van der Waals surface area contributed by atoms with Gasteiger partial charge in [0, 0.05) is 17.6 Å². The van der Waals surface area contributed by atoms with Crippen LogP contribution in [0, 0.1) is 20.8 Å². The summed E-state index contributed by atoms with van der Waals surface area (Å²) in [5.41, 5.74) is 1.26. The van der Waals surface area contributed by atoms with Crippen molar-refractivity contribution in [1.82, 2.24) is 10.1 Å². The molecular weight excluding hydrogens is 304 g/mol. The maximum atomic E-state index is 11.4. The molecule has 2 rings (SSSR count). The molecule has 0 aliphatic heterocycles. The molecular formula is C12H13ClN2O4S. The van der Waals surface area contributed by atoms with E-state index < -0.39 is 9.05 Å². The lowest BCUT2D eigenvalue weighted by Gasteiger charge is -2.11. The van der Waals surface area contributed by atoms with Crippen molar-refractivity contribution in [1.29, 1.82) is 0 Å². The SMILES string of the molecule is Cc1nc(COc2ccc(S(=O)(=O)Cl)c(C)c2C)no1. The number of hydrogen-bond donors (Lipinski definition) is 0. The second kappa shape index (κ2) is 5.41. The van der Waals surface area contributed by atoms with Crippen LogP contribution >= 0.6 is 10.7 Å². The first kappa shape index (κ1) is 14.8. The monoisotopic (exact) mass is 316 g/mol. The summed E-state index contributed by atoms with van der Waals surface area (Å²) in [6.45, 7) is 5.27. The van der Waals surface area contributed by atoms with Gasteiger partial charge >= 0.3 is 0 Å². The zero-order valence-corrected chi connectivity index (χ0v) is 12.7. The molecule has 1 aromatic carbocycles. The van der Waals surface area contributed by atoms with Crippen LogP contribution in [-0.4, -0.2) is 18.6 Å². The first-order chi connectivity index (χ1) is 9.29. The van der Waals surface area contributed by atoms with Crippen molar-refractivity contribution in [2.24, 2.45) is 0 Å². The van der Waals surface area contributed by atoms with Crippen LogP contribution < -0.4 is 4.74 Å². The minimum absolute atomic E-state index is 0.0828. The summed E-state index contributed by atoms with van der Waals surface area (Å²) in [7, 11) is 1.60. The highest BCUT2D eigenvalue weighted by Crippen LogP contribution is 2.29. The summed E-state index contributed by atoms with van der Waals surface area (Å²) in [6, 6.07) is 2.98. The van der Waals surface area contributed by atoms with Crippen LogP contribution in [0.1, 0.15) is 22.8 Å². The third-order valence-electron chi connectivity index (χ3n) is 2.88. The molecule has 0 atom stereocenters. The first-order valence-corrected chi connectivity index (χ1v) is 8.07. The summed E-state index contributed by atoms with van der Waals surface area (Å²) < 4.78 is 33.2. The van der Waals surface area contributed by atoms with E-state index in [1.807, 2.05) is 0 Å². The Morgan fingerprint density at radius 1 is 1.25 bits per heavy atom. The van der Waals surface area contributed by atoms with Gasteiger partial charge in [0.15, 0.2) is 6.61 Å². The lowest BCUT2D eigenvalue weighted by Crippen LogP contribution is -2.02. The fourth-order valence-corrected chi connectivity index (χ4v) is 2.98. The molecule has 2 aromatic rings. The Morgan fingerprint density at radius 2 is 1.95 bits per heavy atom. The maximum absolute atomic E-state index is 11.4. The van der Waals surface area contributed by atoms with Crippen molar-refractivity contribution in [3.63, 3.8) is 0 Å². The fourth-order valence-electron chi connectivity index (χ4n) is 1.73. The molecule has 0 N–H and O–H groups in total. The molecule has 0 unspecified atom stereocenters. The first-order valence-electron chi connectivity index (χ1n) is 5.76. The normalized spacial score (nSPS) is 11.6. The van der Waals surface area contributed by atoms with Crippen LogP contribution in [0.15, 0.2) is 21.6 Å². The lowest BCUT2D eigenvalue weighted by atomic mass is 10.1. The zero-order valence-electron chi connectivity index (χ0n) is 11.2. The Kier molecular flexibility index (Phi) is 4.01. The largest absolute Gasteiger partial charge is 0.485 e. The van der Waals surface area contributed by atoms with Crippen LogP contribution in [0.25, 0.3) is 0 Å². The molecule has 0 bridgehead atoms. The third-order valence-corrected chi connectivity index (χ3v) is 4.34. The molecule has 1 heterocycles. The number of hydrogen-bond acceptors (Lipinski definition) is 6. The van der Waals surface area contributed by atoms with Crippen molar-refractivity contribution in [3.8, 4) is 5.75 Å². The summed E-state index contributed by atoms with van der Waals surface area (Å²) in [5, 5.41) is 3.71. The smallest absolute Gasteiger partial charge is 0.261 e. The van der Waals surface area contributed by atoms with E-state index in [1.165, 1.54) is 6.07 Å². The Balaban J connectivity index is 2.24. The molecule has 0 saturated carbocycles. The van der Waals surface area contributed by atoms with Crippen LogP contribution in [-0.2, 0) is 15.7 Å². The minimum atomic E-state index is -3.76. The van der Waals surface area contributed by atoms with Gasteiger partial charge in [-0.15, -0.1) is 0 Å². The van der Waals surface area contributed by atoms with Crippen LogP contribution in [0.4, 0.5) is 0 Å². The van der Waals surface area contributed by atoms with Crippen molar-refractivity contribution >= 4 is 19.7 Å². The highest BCUT2D eigenvalue weighted by molar-refractivity contribution is 8.13. The van der Waals surface area contributed by atoms with Crippen molar-refractivity contribution < 1.29 is 17.7 Å². The minimum Gasteiger partial charge on any atom is -0.485 e. The van der Waals surface area contributed by atoms with Gasteiger partial charge in [-0.2, -0.15) is 4.98 Å². The van der Waals surface area contributed by atoms with E-state index in [1.54, 1.807) is 26.8 Å². The predicted octanol–water partition coefficient (Wildman–Crippen LogP) is 2.50. The van der Waals surface area contributed by atoms with Crippen LogP contribution in [0.2, 0.25) is 0 Å². The van der Waals surface area contributed by atoms with Gasteiger partial charge in [0.05, 0.1) is 4.90 Å². The Hall–Kier alpha value is -1.60. The fraction of sp³-hybridized carbons (Fsp3) is 0.333. The van der Waals surface area contributed by atoms with Gasteiger partial charge in [0.25, 0.3) is 9.05 Å². The molecule has 20 heavy (non-hydrogen) atoms. The van der Waals surface area contributed by atoms with E-state index in [-0.39, 0.29) is 11.5 Å². The average Bonchev–Trinajstić information content (AvgIpc) is 2.75. The molecule has 8 heteroatoms. The van der Waals surface area contributed by atoms with Gasteiger partial charge < -0.3 is 9.26 Å². The van der Waals surface area contributed by atoms with Gasteiger partial charge in [-0.1, -0.05) is 5.16 Å². The molecule has 0 fully saturated rings. The average molecular weight is 317 g/mol. The molecule has 1 aromatic heterocycles. The molecule has 0 spiro atoms. The number of benzene rings is 1. The number of ether oxygens (including phenoxy) is 1. The summed E-state index contributed by atoms with van der Waals surface area (Å²) >= 11 is 0. The molecule has 6 nitrogen and oxygen atoms in total. The second-order valence-corrected chi connectivity index (χ2v) is 6.80. The standard InChI is InChI=1S/C12H13ClN2O4S/c1-7-8(2)11(20(13,16)17)5-4-10(7)18-6-12-14-9(3)19-15-12/h4-5H,6H2,1-3H3. The Bertz CT molecular complexity index is 740. The van der Waals surface area contributed by atoms with Crippen LogP contribution in [0.5, 0.6) is 5.75 Å². The van der Waals surface area contributed by atoms with Gasteiger partial charge in [-0.05, 0) is 37.1 Å². The highest BCUT2D eigenvalue weighted by atomic mass is 35.7. The summed E-state index contributed by atoms with van der Waals surface area (Å²) in [4.78, 5) is 4.10. The van der Waals surface area contributed by atoms with Gasteiger partial charge in [-0.3, -0.25) is 0 Å². The van der Waals surface area contributed by atoms with Crippen molar-refractivity contribution in [2.45, 2.75) is 32.3 Å². The number of aryl methyl sites for hydroxylation is 1. The number of nitrogens with zero attached hydrogens (tertiary/aromatic N) is 2. The predicted molar refractivity (Wildman–Crippen MR) is 72.3 cm³/mol. The van der Waals surface area contributed by atoms with E-state index in [0.29, 0.717) is 28.6 Å². The quantitative estimate of drug-likeness (QED) is 0.806. The zero-order chi connectivity index (χ0) is 14.9. The maximum Gasteiger partial charge on any atom is 0.261 e. The Labute approximate surface area is 121 Å². The topological polar surface area (TPSA) is 82.3 Å².